The molecule has 190 valence electrons. The van der Waals surface area contributed by atoms with Crippen molar-refractivity contribution in [2.75, 3.05) is 12.4 Å². The molecule has 0 aliphatic rings. The van der Waals surface area contributed by atoms with E-state index >= 15 is 0 Å². The minimum Gasteiger partial charge on any atom is -0.493 e. The number of anilines is 1. The summed E-state index contributed by atoms with van der Waals surface area (Å²) in [4.78, 5) is 17.0. The minimum absolute atomic E-state index is 0.122. The third kappa shape index (κ3) is 7.21. The molecule has 1 amide bonds. The first-order valence-electron chi connectivity index (χ1n) is 12.0. The van der Waals surface area contributed by atoms with Gasteiger partial charge in [0.25, 0.3) is 0 Å². The molecule has 0 unspecified atom stereocenters. The Bertz CT molecular complexity index is 1380. The number of aromatic nitrogens is 1. The van der Waals surface area contributed by atoms with Gasteiger partial charge in [0.15, 0.2) is 16.6 Å². The maximum atomic E-state index is 12.5. The quantitative estimate of drug-likeness (QED) is 0.228. The van der Waals surface area contributed by atoms with E-state index in [9.17, 15) is 4.79 Å². The molecule has 0 aliphatic carbocycles. The molecule has 3 aromatic carbocycles. The number of carbonyl (C=O) groups excluding carboxylic acids is 1. The molecule has 0 bridgehead atoms. The van der Waals surface area contributed by atoms with Crippen LogP contribution in [0.5, 0.6) is 17.2 Å². The highest BCUT2D eigenvalue weighted by molar-refractivity contribution is 7.14. The van der Waals surface area contributed by atoms with Crippen LogP contribution in [0.3, 0.4) is 0 Å². The van der Waals surface area contributed by atoms with E-state index in [1.54, 1.807) is 13.2 Å². The molecular weight excluding hydrogens is 484 g/mol. The summed E-state index contributed by atoms with van der Waals surface area (Å²) in [6.07, 6.45) is 3.32. The van der Waals surface area contributed by atoms with Crippen LogP contribution < -0.4 is 19.5 Å². The minimum atomic E-state index is -0.263. The van der Waals surface area contributed by atoms with Gasteiger partial charge in [-0.1, -0.05) is 30.3 Å². The fourth-order valence-corrected chi connectivity index (χ4v) is 4.32. The van der Waals surface area contributed by atoms with Crippen molar-refractivity contribution in [1.82, 2.24) is 4.98 Å². The Labute approximate surface area is 221 Å². The van der Waals surface area contributed by atoms with Gasteiger partial charge in [-0.25, -0.2) is 4.98 Å². The van der Waals surface area contributed by atoms with E-state index < -0.39 is 0 Å². The number of carbonyl (C=O) groups is 1. The van der Waals surface area contributed by atoms with E-state index in [1.165, 1.54) is 23.0 Å². The molecule has 1 aromatic heterocycles. The smallest absolute Gasteiger partial charge is 0.250 e. The second-order valence-electron chi connectivity index (χ2n) is 8.68. The van der Waals surface area contributed by atoms with E-state index in [0.29, 0.717) is 23.2 Å². The maximum absolute atomic E-state index is 12.5. The maximum Gasteiger partial charge on any atom is 0.250 e. The lowest BCUT2D eigenvalue weighted by atomic mass is 10.1. The lowest BCUT2D eigenvalue weighted by Crippen LogP contribution is -2.07. The number of benzene rings is 3. The van der Waals surface area contributed by atoms with Crippen LogP contribution in [0, 0.1) is 6.92 Å². The van der Waals surface area contributed by atoms with Gasteiger partial charge in [-0.05, 0) is 79.9 Å². The van der Waals surface area contributed by atoms with E-state index in [1.807, 2.05) is 79.9 Å². The van der Waals surface area contributed by atoms with E-state index in [0.717, 1.165) is 28.1 Å². The molecule has 0 fully saturated rings. The first kappa shape index (κ1) is 26.0. The van der Waals surface area contributed by atoms with Crippen LogP contribution in [0.15, 0.2) is 78.2 Å². The highest BCUT2D eigenvalue weighted by atomic mass is 32.1. The van der Waals surface area contributed by atoms with Crippen molar-refractivity contribution < 1.29 is 19.0 Å². The summed E-state index contributed by atoms with van der Waals surface area (Å²) < 4.78 is 17.2. The highest BCUT2D eigenvalue weighted by Crippen LogP contribution is 2.30. The van der Waals surface area contributed by atoms with Crippen molar-refractivity contribution >= 4 is 28.5 Å². The summed E-state index contributed by atoms with van der Waals surface area (Å²) in [6.45, 7) is 6.49. The number of methoxy groups -OCH3 is 1. The summed E-state index contributed by atoms with van der Waals surface area (Å²) in [5, 5.41) is 5.27. The summed E-state index contributed by atoms with van der Waals surface area (Å²) in [6, 6.07) is 21.4. The number of nitrogens with zero attached hydrogens (tertiary/aromatic N) is 1. The molecule has 0 radical (unpaired) electrons. The number of ether oxygens (including phenoxy) is 3. The molecule has 4 rings (SSSR count). The summed E-state index contributed by atoms with van der Waals surface area (Å²) in [5.74, 6) is 1.80. The largest absolute Gasteiger partial charge is 0.493 e. The van der Waals surface area contributed by atoms with Crippen LogP contribution >= 0.6 is 11.3 Å². The van der Waals surface area contributed by atoms with Crippen LogP contribution in [0.25, 0.3) is 17.3 Å². The van der Waals surface area contributed by atoms with Gasteiger partial charge in [-0.15, -0.1) is 11.3 Å². The van der Waals surface area contributed by atoms with E-state index in [-0.39, 0.29) is 12.0 Å². The van der Waals surface area contributed by atoms with Gasteiger partial charge in [0.1, 0.15) is 12.4 Å². The normalized spacial score (nSPS) is 11.1. The Hall–Kier alpha value is -4.10. The van der Waals surface area contributed by atoms with Gasteiger partial charge < -0.3 is 14.2 Å². The Balaban J connectivity index is 1.35. The van der Waals surface area contributed by atoms with Crippen LogP contribution in [0.4, 0.5) is 5.13 Å². The van der Waals surface area contributed by atoms with Crippen molar-refractivity contribution in [3.8, 4) is 28.5 Å². The Morgan fingerprint density at radius 3 is 2.57 bits per heavy atom. The van der Waals surface area contributed by atoms with E-state index in [4.69, 9.17) is 14.2 Å². The summed E-state index contributed by atoms with van der Waals surface area (Å²) in [5.41, 5.74) is 4.87. The average molecular weight is 515 g/mol. The Kier molecular flexibility index (Phi) is 8.59. The predicted molar refractivity (Wildman–Crippen MR) is 149 cm³/mol. The second-order valence-corrected chi connectivity index (χ2v) is 9.54. The molecule has 0 spiro atoms. The van der Waals surface area contributed by atoms with E-state index in [2.05, 4.69) is 23.3 Å². The number of thiazole rings is 1. The van der Waals surface area contributed by atoms with Crippen LogP contribution in [0.1, 0.15) is 30.5 Å². The van der Waals surface area contributed by atoms with Crippen LogP contribution in [-0.4, -0.2) is 24.1 Å². The highest BCUT2D eigenvalue weighted by Gasteiger charge is 2.09. The first-order valence-corrected chi connectivity index (χ1v) is 12.9. The van der Waals surface area contributed by atoms with Gasteiger partial charge in [0.2, 0.25) is 5.91 Å². The second kappa shape index (κ2) is 12.2. The van der Waals surface area contributed by atoms with Gasteiger partial charge in [0, 0.05) is 17.0 Å². The molecule has 37 heavy (non-hydrogen) atoms. The monoisotopic (exact) mass is 514 g/mol. The summed E-state index contributed by atoms with van der Waals surface area (Å²) >= 11 is 1.38. The number of nitrogens with one attached hydrogen (secondary N) is 1. The number of aryl methyl sites for hydroxylation is 1. The molecule has 0 saturated carbocycles. The predicted octanol–water partition coefficient (Wildman–Crippen LogP) is 7.15. The fourth-order valence-electron chi connectivity index (χ4n) is 3.59. The Morgan fingerprint density at radius 1 is 1.05 bits per heavy atom. The SMILES string of the molecule is COc1cc(C=CC(=O)Nc2nc(-c3ccc(OC(C)C)cc3)cs2)ccc1OCc1ccccc1C. The Morgan fingerprint density at radius 2 is 1.84 bits per heavy atom. The first-order chi connectivity index (χ1) is 17.9. The molecule has 1 N–H and O–H groups in total. The van der Waals surface area contributed by atoms with Crippen molar-refractivity contribution in [3.63, 3.8) is 0 Å². The molecular formula is C30H30N2O4S. The number of hydrogen-bond donors (Lipinski definition) is 1. The molecule has 6 nitrogen and oxygen atoms in total. The molecule has 0 atom stereocenters. The lowest BCUT2D eigenvalue weighted by molar-refractivity contribution is -0.111. The van der Waals surface area contributed by atoms with Gasteiger partial charge in [-0.3, -0.25) is 10.1 Å². The van der Waals surface area contributed by atoms with Gasteiger partial charge in [0.05, 0.1) is 18.9 Å². The average Bonchev–Trinajstić information content (AvgIpc) is 3.35. The standard InChI is InChI=1S/C30H30N2O4S/c1-20(2)36-25-13-11-23(12-14-25)26-19-37-30(31-26)32-29(33)16-10-22-9-15-27(28(17-22)34-4)35-18-24-8-6-5-7-21(24)3/h5-17,19-20H,18H2,1-4H3,(H,31,32,33). The number of rotatable bonds is 10. The third-order valence-electron chi connectivity index (χ3n) is 5.52. The lowest BCUT2D eigenvalue weighted by Gasteiger charge is -2.12. The van der Waals surface area contributed by atoms with Crippen molar-refractivity contribution in [2.24, 2.45) is 0 Å². The molecule has 1 heterocycles. The zero-order chi connectivity index (χ0) is 26.2. The fraction of sp³-hybridized carbons (Fsp3) is 0.200. The van der Waals surface area contributed by atoms with Gasteiger partial charge >= 0.3 is 0 Å². The number of amides is 1. The van der Waals surface area contributed by atoms with Crippen molar-refractivity contribution in [1.29, 1.82) is 0 Å². The van der Waals surface area contributed by atoms with Gasteiger partial charge in [-0.2, -0.15) is 0 Å². The zero-order valence-electron chi connectivity index (χ0n) is 21.4. The van der Waals surface area contributed by atoms with Crippen LogP contribution in [0.2, 0.25) is 0 Å². The molecule has 0 aliphatic heterocycles. The van der Waals surface area contributed by atoms with Crippen LogP contribution in [-0.2, 0) is 11.4 Å². The molecule has 7 heteroatoms. The topological polar surface area (TPSA) is 69.7 Å². The summed E-state index contributed by atoms with van der Waals surface area (Å²) in [7, 11) is 1.60. The molecule has 0 saturated heterocycles. The zero-order valence-corrected chi connectivity index (χ0v) is 22.2. The third-order valence-corrected chi connectivity index (χ3v) is 6.27. The van der Waals surface area contributed by atoms with Crippen molar-refractivity contribution in [2.45, 2.75) is 33.5 Å². The van der Waals surface area contributed by atoms with Crippen molar-refractivity contribution in [3.05, 3.63) is 94.9 Å². The molecule has 4 aromatic rings. The number of hydrogen-bond acceptors (Lipinski definition) is 6.